The summed E-state index contributed by atoms with van der Waals surface area (Å²) in [7, 11) is 0. The van der Waals surface area contributed by atoms with Crippen LogP contribution in [-0.4, -0.2) is 11.7 Å². The molecule has 1 aromatic rings. The molecule has 1 N–H and O–H groups in total. The third-order valence-electron chi connectivity index (χ3n) is 3.07. The lowest BCUT2D eigenvalue weighted by Crippen LogP contribution is -2.31. The van der Waals surface area contributed by atoms with Crippen LogP contribution in [0.25, 0.3) is 0 Å². The van der Waals surface area contributed by atoms with Crippen LogP contribution in [0.1, 0.15) is 12.0 Å². The van der Waals surface area contributed by atoms with Crippen LogP contribution in [0.2, 0.25) is 0 Å². The van der Waals surface area contributed by atoms with Crippen molar-refractivity contribution < 1.29 is 9.59 Å². The Kier molecular flexibility index (Phi) is 1.44. The molecule has 0 radical (unpaired) electrons. The van der Waals surface area contributed by atoms with Gasteiger partial charge in [0.05, 0.1) is 0 Å². The van der Waals surface area contributed by atoms with Crippen molar-refractivity contribution in [3.05, 3.63) is 42.0 Å². The Bertz CT molecular complexity index is 504. The number of allylic oxidation sites excluding steroid dienone is 1. The van der Waals surface area contributed by atoms with Gasteiger partial charge in [-0.05, 0) is 17.7 Å². The number of para-hydroxylation sites is 1. The Morgan fingerprint density at radius 2 is 2.00 bits per heavy atom. The summed E-state index contributed by atoms with van der Waals surface area (Å²) in [4.78, 5) is 23.2. The largest absolute Gasteiger partial charge is 0.325 e. The second-order valence-electron chi connectivity index (χ2n) is 3.95. The number of fused-ring (bicyclic) bond motifs is 2. The van der Waals surface area contributed by atoms with Crippen molar-refractivity contribution >= 4 is 17.4 Å². The fourth-order valence-electron chi connectivity index (χ4n) is 2.31. The highest BCUT2D eigenvalue weighted by Crippen LogP contribution is 2.43. The van der Waals surface area contributed by atoms with Gasteiger partial charge in [0.15, 0.2) is 5.78 Å². The number of benzene rings is 1. The third kappa shape index (κ3) is 0.947. The van der Waals surface area contributed by atoms with E-state index in [2.05, 4.69) is 5.32 Å². The monoisotopic (exact) mass is 199 g/mol. The molecule has 3 rings (SSSR count). The van der Waals surface area contributed by atoms with Crippen molar-refractivity contribution in [2.24, 2.45) is 0 Å². The van der Waals surface area contributed by atoms with Crippen LogP contribution in [0.15, 0.2) is 36.4 Å². The molecule has 2 aliphatic rings. The number of hydrogen-bond donors (Lipinski definition) is 1. The summed E-state index contributed by atoms with van der Waals surface area (Å²) in [5, 5.41) is 2.81. The lowest BCUT2D eigenvalue weighted by Gasteiger charge is -2.17. The normalized spacial score (nSPS) is 27.2. The van der Waals surface area contributed by atoms with Gasteiger partial charge in [-0.3, -0.25) is 9.59 Å². The smallest absolute Gasteiger partial charge is 0.239 e. The number of carbonyl (C=O) groups excluding carboxylic acids is 2. The molecule has 0 saturated carbocycles. The molecule has 1 amide bonds. The van der Waals surface area contributed by atoms with E-state index in [1.165, 1.54) is 6.08 Å². The first-order valence-corrected chi connectivity index (χ1v) is 4.85. The highest BCUT2D eigenvalue weighted by molar-refractivity contribution is 6.13. The van der Waals surface area contributed by atoms with Crippen molar-refractivity contribution in [3.63, 3.8) is 0 Å². The first-order chi connectivity index (χ1) is 7.22. The first kappa shape index (κ1) is 8.41. The number of ketones is 1. The zero-order chi connectivity index (χ0) is 10.5. The van der Waals surface area contributed by atoms with Crippen molar-refractivity contribution in [3.8, 4) is 0 Å². The summed E-state index contributed by atoms with van der Waals surface area (Å²) in [5.41, 5.74) is 1.01. The average Bonchev–Trinajstić information content (AvgIpc) is 2.73. The molecule has 1 aliphatic carbocycles. The summed E-state index contributed by atoms with van der Waals surface area (Å²) in [6.45, 7) is 0. The maximum absolute atomic E-state index is 11.9. The lowest BCUT2D eigenvalue weighted by atomic mass is 9.81. The molecule has 0 fully saturated rings. The topological polar surface area (TPSA) is 46.2 Å². The van der Waals surface area contributed by atoms with E-state index in [1.807, 2.05) is 24.3 Å². The molecule has 74 valence electrons. The van der Waals surface area contributed by atoms with Crippen molar-refractivity contribution in [1.82, 2.24) is 0 Å². The molecule has 0 saturated heterocycles. The van der Waals surface area contributed by atoms with Gasteiger partial charge in [-0.25, -0.2) is 0 Å². The van der Waals surface area contributed by atoms with E-state index >= 15 is 0 Å². The minimum absolute atomic E-state index is 0.0156. The summed E-state index contributed by atoms with van der Waals surface area (Å²) < 4.78 is 0. The van der Waals surface area contributed by atoms with Crippen LogP contribution in [0, 0.1) is 0 Å². The van der Waals surface area contributed by atoms with Crippen LogP contribution < -0.4 is 5.32 Å². The van der Waals surface area contributed by atoms with Crippen molar-refractivity contribution in [2.45, 2.75) is 11.8 Å². The maximum Gasteiger partial charge on any atom is 0.239 e. The SMILES string of the molecule is O=C1C=C[C@]2(C1)C(=O)Nc1ccccc12. The summed E-state index contributed by atoms with van der Waals surface area (Å²) in [6.07, 6.45) is 3.48. The second kappa shape index (κ2) is 2.57. The van der Waals surface area contributed by atoms with E-state index in [0.29, 0.717) is 0 Å². The van der Waals surface area contributed by atoms with Gasteiger partial charge in [0.1, 0.15) is 5.41 Å². The predicted molar refractivity (Wildman–Crippen MR) is 55.5 cm³/mol. The predicted octanol–water partition coefficient (Wildman–Crippen LogP) is 1.41. The summed E-state index contributed by atoms with van der Waals surface area (Å²) in [6, 6.07) is 7.52. The number of hydrogen-bond acceptors (Lipinski definition) is 2. The van der Waals surface area contributed by atoms with E-state index < -0.39 is 5.41 Å². The highest BCUT2D eigenvalue weighted by Gasteiger charge is 2.48. The molecule has 1 aliphatic heterocycles. The fraction of sp³-hybridized carbons (Fsp3) is 0.167. The minimum atomic E-state index is -0.728. The maximum atomic E-state index is 11.9. The molecule has 0 bridgehead atoms. The number of carbonyl (C=O) groups is 2. The molecule has 1 spiro atoms. The van der Waals surface area contributed by atoms with Crippen LogP contribution in [0.5, 0.6) is 0 Å². The van der Waals surface area contributed by atoms with Crippen LogP contribution >= 0.6 is 0 Å². The van der Waals surface area contributed by atoms with Crippen molar-refractivity contribution in [1.29, 1.82) is 0 Å². The van der Waals surface area contributed by atoms with E-state index in [1.54, 1.807) is 6.08 Å². The van der Waals surface area contributed by atoms with E-state index in [0.717, 1.165) is 11.3 Å². The Morgan fingerprint density at radius 1 is 1.20 bits per heavy atom. The fourth-order valence-corrected chi connectivity index (χ4v) is 2.31. The van der Waals surface area contributed by atoms with Gasteiger partial charge in [0, 0.05) is 12.1 Å². The number of amides is 1. The molecule has 0 unspecified atom stereocenters. The molecule has 3 nitrogen and oxygen atoms in total. The van der Waals surface area contributed by atoms with Gasteiger partial charge in [-0.15, -0.1) is 0 Å². The minimum Gasteiger partial charge on any atom is -0.325 e. The molecule has 1 heterocycles. The Balaban J connectivity index is 2.22. The molecule has 15 heavy (non-hydrogen) atoms. The Morgan fingerprint density at radius 3 is 2.73 bits per heavy atom. The van der Waals surface area contributed by atoms with E-state index in [-0.39, 0.29) is 18.1 Å². The molecular formula is C12H9NO2. The van der Waals surface area contributed by atoms with Gasteiger partial charge in [0.2, 0.25) is 5.91 Å². The summed E-state index contributed by atoms with van der Waals surface area (Å²) in [5.74, 6) is -0.0762. The van der Waals surface area contributed by atoms with E-state index in [9.17, 15) is 9.59 Å². The van der Waals surface area contributed by atoms with Gasteiger partial charge in [0.25, 0.3) is 0 Å². The van der Waals surface area contributed by atoms with Crippen LogP contribution in [0.4, 0.5) is 5.69 Å². The zero-order valence-electron chi connectivity index (χ0n) is 7.99. The third-order valence-corrected chi connectivity index (χ3v) is 3.07. The molecule has 1 atom stereocenters. The number of anilines is 1. The van der Waals surface area contributed by atoms with Crippen LogP contribution in [-0.2, 0) is 15.0 Å². The van der Waals surface area contributed by atoms with Gasteiger partial charge in [-0.2, -0.15) is 0 Å². The quantitative estimate of drug-likeness (QED) is 0.686. The first-order valence-electron chi connectivity index (χ1n) is 4.85. The number of nitrogens with one attached hydrogen (secondary N) is 1. The average molecular weight is 199 g/mol. The van der Waals surface area contributed by atoms with Gasteiger partial charge < -0.3 is 5.32 Å². The molecular weight excluding hydrogens is 190 g/mol. The molecule has 1 aromatic carbocycles. The van der Waals surface area contributed by atoms with Gasteiger partial charge in [-0.1, -0.05) is 24.3 Å². The standard InChI is InChI=1S/C12H9NO2/c14-8-5-6-12(7-8)9-3-1-2-4-10(9)13-11(12)15/h1-6H,7H2,(H,13,15)/t12-/m1/s1. The summed E-state index contributed by atoms with van der Waals surface area (Å²) >= 11 is 0. The lowest BCUT2D eigenvalue weighted by molar-refractivity contribution is -0.122. The zero-order valence-corrected chi connectivity index (χ0v) is 7.99. The van der Waals surface area contributed by atoms with Gasteiger partial charge >= 0.3 is 0 Å². The Hall–Kier alpha value is -1.90. The second-order valence-corrected chi connectivity index (χ2v) is 3.95. The molecule has 3 heteroatoms. The number of rotatable bonds is 0. The highest BCUT2D eigenvalue weighted by atomic mass is 16.2. The Labute approximate surface area is 86.8 Å². The molecule has 0 aromatic heterocycles. The van der Waals surface area contributed by atoms with E-state index in [4.69, 9.17) is 0 Å². The van der Waals surface area contributed by atoms with Crippen LogP contribution in [0.3, 0.4) is 0 Å². The van der Waals surface area contributed by atoms with Crippen molar-refractivity contribution in [2.75, 3.05) is 5.32 Å².